The first kappa shape index (κ1) is 16.6. The largest absolute Gasteiger partial charge is 0.336 e. The highest BCUT2D eigenvalue weighted by Gasteiger charge is 2.40. The number of carbonyl (C=O) groups excluding carboxylic acids is 1. The molecule has 0 unspecified atom stereocenters. The van der Waals surface area contributed by atoms with Gasteiger partial charge in [-0.25, -0.2) is 0 Å². The maximum atomic E-state index is 13.0. The number of amides is 1. The van der Waals surface area contributed by atoms with E-state index in [2.05, 4.69) is 53.6 Å². The van der Waals surface area contributed by atoms with Crippen LogP contribution in [0.5, 0.6) is 0 Å². The summed E-state index contributed by atoms with van der Waals surface area (Å²) in [6.07, 6.45) is 3.83. The number of benzene rings is 2. The van der Waals surface area contributed by atoms with E-state index in [1.165, 1.54) is 11.1 Å². The first-order valence-electron chi connectivity index (χ1n) is 9.09. The van der Waals surface area contributed by atoms with E-state index < -0.39 is 0 Å². The Morgan fingerprint density at radius 1 is 0.962 bits per heavy atom. The van der Waals surface area contributed by atoms with Gasteiger partial charge >= 0.3 is 0 Å². The Labute approximate surface area is 154 Å². The summed E-state index contributed by atoms with van der Waals surface area (Å²) in [5, 5.41) is 4.30. The minimum atomic E-state index is -0.175. The molecule has 3 aromatic rings. The second kappa shape index (κ2) is 6.79. The van der Waals surface area contributed by atoms with Gasteiger partial charge in [0.15, 0.2) is 0 Å². The van der Waals surface area contributed by atoms with Gasteiger partial charge in [0, 0.05) is 31.7 Å². The quantitative estimate of drug-likeness (QED) is 0.727. The Bertz CT molecular complexity index is 847. The molecule has 132 valence electrons. The van der Waals surface area contributed by atoms with Crippen molar-refractivity contribution in [3.63, 3.8) is 0 Å². The number of aromatic nitrogens is 2. The van der Waals surface area contributed by atoms with E-state index >= 15 is 0 Å². The van der Waals surface area contributed by atoms with Crippen LogP contribution in [0.3, 0.4) is 0 Å². The first-order valence-corrected chi connectivity index (χ1v) is 9.09. The number of rotatable bonds is 3. The van der Waals surface area contributed by atoms with Gasteiger partial charge in [-0.3, -0.25) is 9.48 Å². The molecule has 4 heteroatoms. The third-order valence-electron chi connectivity index (χ3n) is 5.37. The fraction of sp³-hybridized carbons (Fsp3) is 0.273. The summed E-state index contributed by atoms with van der Waals surface area (Å²) in [6.45, 7) is 1.45. The minimum absolute atomic E-state index is 0.0153. The summed E-state index contributed by atoms with van der Waals surface area (Å²) in [6, 6.07) is 22.9. The Balaban J connectivity index is 1.74. The van der Waals surface area contributed by atoms with Crippen LogP contribution in [-0.2, 0) is 12.5 Å². The van der Waals surface area contributed by atoms with Gasteiger partial charge in [-0.1, -0.05) is 60.7 Å². The summed E-state index contributed by atoms with van der Waals surface area (Å²) in [5.41, 5.74) is 2.88. The molecule has 1 aliphatic heterocycles. The Hall–Kier alpha value is -2.88. The van der Waals surface area contributed by atoms with Gasteiger partial charge in [0.2, 0.25) is 0 Å². The number of carbonyl (C=O) groups is 1. The van der Waals surface area contributed by atoms with E-state index in [0.717, 1.165) is 19.4 Å². The van der Waals surface area contributed by atoms with Crippen LogP contribution in [0, 0.1) is 0 Å². The predicted octanol–water partition coefficient (Wildman–Crippen LogP) is 3.64. The lowest BCUT2D eigenvalue weighted by molar-refractivity contribution is 0.0659. The third kappa shape index (κ3) is 2.92. The number of aryl methyl sites for hydroxylation is 1. The SMILES string of the molecule is Cn1ccc(C(=O)N2CCCC(c3ccccc3)(c3ccccc3)C2)n1. The van der Waals surface area contributed by atoms with E-state index in [0.29, 0.717) is 12.2 Å². The molecule has 0 N–H and O–H groups in total. The van der Waals surface area contributed by atoms with E-state index in [1.54, 1.807) is 10.7 Å². The van der Waals surface area contributed by atoms with Crippen molar-refractivity contribution in [1.29, 1.82) is 0 Å². The average Bonchev–Trinajstić information content (AvgIpc) is 3.15. The number of nitrogens with zero attached hydrogens (tertiary/aromatic N) is 3. The molecule has 4 rings (SSSR count). The Kier molecular flexibility index (Phi) is 4.33. The summed E-state index contributed by atoms with van der Waals surface area (Å²) < 4.78 is 1.68. The molecule has 1 aliphatic rings. The van der Waals surface area contributed by atoms with Crippen molar-refractivity contribution in [3.8, 4) is 0 Å². The van der Waals surface area contributed by atoms with Crippen LogP contribution in [0.2, 0.25) is 0 Å². The number of likely N-dealkylation sites (tertiary alicyclic amines) is 1. The van der Waals surface area contributed by atoms with Crippen LogP contribution in [-0.4, -0.2) is 33.7 Å². The summed E-state index contributed by atoms with van der Waals surface area (Å²) in [4.78, 5) is 15.0. The maximum Gasteiger partial charge on any atom is 0.274 e. The van der Waals surface area contributed by atoms with Gasteiger partial charge in [-0.15, -0.1) is 0 Å². The van der Waals surface area contributed by atoms with Gasteiger partial charge in [-0.05, 0) is 30.0 Å². The molecule has 0 bridgehead atoms. The van der Waals surface area contributed by atoms with Crippen molar-refractivity contribution < 1.29 is 4.79 Å². The lowest BCUT2D eigenvalue weighted by Crippen LogP contribution is -2.49. The van der Waals surface area contributed by atoms with Crippen molar-refractivity contribution in [3.05, 3.63) is 89.7 Å². The molecule has 2 heterocycles. The second-order valence-corrected chi connectivity index (χ2v) is 7.02. The minimum Gasteiger partial charge on any atom is -0.336 e. The molecule has 2 aromatic carbocycles. The highest BCUT2D eigenvalue weighted by Crippen LogP contribution is 2.40. The Morgan fingerprint density at radius 3 is 2.12 bits per heavy atom. The number of hydrogen-bond donors (Lipinski definition) is 0. The van der Waals surface area contributed by atoms with Crippen molar-refractivity contribution in [2.24, 2.45) is 7.05 Å². The van der Waals surface area contributed by atoms with Crippen molar-refractivity contribution in [1.82, 2.24) is 14.7 Å². The zero-order chi connectivity index (χ0) is 18.0. The van der Waals surface area contributed by atoms with Crippen LogP contribution in [0.25, 0.3) is 0 Å². The van der Waals surface area contributed by atoms with E-state index in [9.17, 15) is 4.79 Å². The molecule has 0 radical (unpaired) electrons. The summed E-state index contributed by atoms with van der Waals surface area (Å²) in [5.74, 6) is 0.0153. The summed E-state index contributed by atoms with van der Waals surface area (Å²) in [7, 11) is 1.84. The third-order valence-corrected chi connectivity index (χ3v) is 5.37. The molecular weight excluding hydrogens is 322 g/mol. The van der Waals surface area contributed by atoms with E-state index in [-0.39, 0.29) is 11.3 Å². The summed E-state index contributed by atoms with van der Waals surface area (Å²) >= 11 is 0. The number of hydrogen-bond acceptors (Lipinski definition) is 2. The molecule has 0 spiro atoms. The van der Waals surface area contributed by atoms with Crippen LogP contribution in [0.4, 0.5) is 0 Å². The van der Waals surface area contributed by atoms with Gasteiger partial charge in [0.1, 0.15) is 5.69 Å². The first-order chi connectivity index (χ1) is 12.7. The molecular formula is C22H23N3O. The second-order valence-electron chi connectivity index (χ2n) is 7.02. The normalized spacial score (nSPS) is 16.4. The van der Waals surface area contributed by atoms with Gasteiger partial charge in [0.05, 0.1) is 0 Å². The van der Waals surface area contributed by atoms with Gasteiger partial charge in [-0.2, -0.15) is 5.10 Å². The van der Waals surface area contributed by atoms with Crippen molar-refractivity contribution in [2.45, 2.75) is 18.3 Å². The van der Waals surface area contributed by atoms with Crippen molar-refractivity contribution in [2.75, 3.05) is 13.1 Å². The molecule has 26 heavy (non-hydrogen) atoms. The van der Waals surface area contributed by atoms with Crippen LogP contribution < -0.4 is 0 Å². The molecule has 4 nitrogen and oxygen atoms in total. The molecule has 0 saturated carbocycles. The topological polar surface area (TPSA) is 38.1 Å². The van der Waals surface area contributed by atoms with E-state index in [1.807, 2.05) is 30.3 Å². The monoisotopic (exact) mass is 345 g/mol. The Morgan fingerprint density at radius 2 is 1.58 bits per heavy atom. The predicted molar refractivity (Wildman–Crippen MR) is 102 cm³/mol. The molecule has 1 aromatic heterocycles. The average molecular weight is 345 g/mol. The van der Waals surface area contributed by atoms with Crippen LogP contribution in [0.1, 0.15) is 34.5 Å². The highest BCUT2D eigenvalue weighted by atomic mass is 16.2. The number of piperidine rings is 1. The zero-order valence-electron chi connectivity index (χ0n) is 15.0. The zero-order valence-corrected chi connectivity index (χ0v) is 15.0. The van der Waals surface area contributed by atoms with Gasteiger partial charge in [0.25, 0.3) is 5.91 Å². The molecule has 1 amide bonds. The lowest BCUT2D eigenvalue weighted by Gasteiger charge is -2.43. The van der Waals surface area contributed by atoms with Crippen LogP contribution in [0.15, 0.2) is 72.9 Å². The van der Waals surface area contributed by atoms with Crippen LogP contribution >= 0.6 is 0 Å². The smallest absolute Gasteiger partial charge is 0.274 e. The maximum absolute atomic E-state index is 13.0. The standard InChI is InChI=1S/C22H23N3O/c1-24-16-13-20(23-24)21(26)25-15-8-14-22(17-25,18-9-4-2-5-10-18)19-11-6-3-7-12-19/h2-7,9-13,16H,8,14-15,17H2,1H3. The molecule has 0 atom stereocenters. The van der Waals surface area contributed by atoms with E-state index in [4.69, 9.17) is 0 Å². The lowest BCUT2D eigenvalue weighted by atomic mass is 9.69. The van der Waals surface area contributed by atoms with Crippen molar-refractivity contribution >= 4 is 5.91 Å². The fourth-order valence-corrected chi connectivity index (χ4v) is 4.07. The molecule has 1 saturated heterocycles. The molecule has 1 fully saturated rings. The fourth-order valence-electron chi connectivity index (χ4n) is 4.07. The highest BCUT2D eigenvalue weighted by molar-refractivity contribution is 5.92. The molecule has 0 aliphatic carbocycles. The van der Waals surface area contributed by atoms with Gasteiger partial charge < -0.3 is 4.90 Å².